The lowest BCUT2D eigenvalue weighted by atomic mass is 9.62. The fourth-order valence-electron chi connectivity index (χ4n) is 6.11. The van der Waals surface area contributed by atoms with E-state index in [9.17, 15) is 15.0 Å². The SMILES string of the molecule is CC1(O)CC(NC(=O)OC(C)(C)C)(c2ccc(-c3nc(-c4cnc(C5(O)CCNCC5)s4)sc3-c3ccccc3)cc2)C1. The van der Waals surface area contributed by atoms with Gasteiger partial charge in [-0.25, -0.2) is 14.8 Å². The van der Waals surface area contributed by atoms with Crippen LogP contribution in [0.15, 0.2) is 60.8 Å². The zero-order valence-electron chi connectivity index (χ0n) is 24.9. The number of hydrogen-bond donors (Lipinski definition) is 4. The van der Waals surface area contributed by atoms with E-state index in [1.54, 1.807) is 18.3 Å². The van der Waals surface area contributed by atoms with Crippen molar-refractivity contribution in [3.05, 3.63) is 71.4 Å². The molecule has 1 saturated carbocycles. The lowest BCUT2D eigenvalue weighted by Crippen LogP contribution is -2.62. The van der Waals surface area contributed by atoms with E-state index >= 15 is 0 Å². The second-order valence-electron chi connectivity index (χ2n) is 13.0. The van der Waals surface area contributed by atoms with E-state index in [4.69, 9.17) is 9.72 Å². The van der Waals surface area contributed by atoms with Crippen molar-refractivity contribution in [3.8, 4) is 31.6 Å². The van der Waals surface area contributed by atoms with Crippen LogP contribution in [-0.2, 0) is 15.9 Å². The van der Waals surface area contributed by atoms with Gasteiger partial charge in [-0.05, 0) is 64.8 Å². The summed E-state index contributed by atoms with van der Waals surface area (Å²) < 4.78 is 5.54. The minimum Gasteiger partial charge on any atom is -0.444 e. The van der Waals surface area contributed by atoms with Gasteiger partial charge in [-0.3, -0.25) is 0 Å². The summed E-state index contributed by atoms with van der Waals surface area (Å²) in [6, 6.07) is 18.3. The van der Waals surface area contributed by atoms with Gasteiger partial charge in [0.1, 0.15) is 21.2 Å². The third-order valence-electron chi connectivity index (χ3n) is 8.02. The third-order valence-corrected chi connectivity index (χ3v) is 10.5. The van der Waals surface area contributed by atoms with E-state index in [1.807, 2.05) is 69.4 Å². The van der Waals surface area contributed by atoms with Gasteiger partial charge in [-0.15, -0.1) is 22.7 Å². The molecule has 3 heterocycles. The van der Waals surface area contributed by atoms with Crippen LogP contribution in [0.1, 0.15) is 63.9 Å². The van der Waals surface area contributed by atoms with Crippen LogP contribution in [0.5, 0.6) is 0 Å². The molecule has 6 rings (SSSR count). The summed E-state index contributed by atoms with van der Waals surface area (Å²) >= 11 is 3.13. The second-order valence-corrected chi connectivity index (χ2v) is 15.0. The predicted octanol–water partition coefficient (Wildman–Crippen LogP) is 6.44. The first-order valence-electron chi connectivity index (χ1n) is 14.7. The van der Waals surface area contributed by atoms with Gasteiger partial charge in [-0.1, -0.05) is 54.6 Å². The van der Waals surface area contributed by atoms with Gasteiger partial charge in [0.2, 0.25) is 0 Å². The van der Waals surface area contributed by atoms with Crippen LogP contribution in [0.3, 0.4) is 0 Å². The molecule has 1 amide bonds. The summed E-state index contributed by atoms with van der Waals surface area (Å²) in [6.45, 7) is 8.83. The van der Waals surface area contributed by atoms with Gasteiger partial charge in [0.25, 0.3) is 0 Å². The highest BCUT2D eigenvalue weighted by Crippen LogP contribution is 2.49. The van der Waals surface area contributed by atoms with Gasteiger partial charge < -0.3 is 25.6 Å². The smallest absolute Gasteiger partial charge is 0.408 e. The van der Waals surface area contributed by atoms with Crippen molar-refractivity contribution in [2.24, 2.45) is 0 Å². The van der Waals surface area contributed by atoms with Crippen LogP contribution in [0.2, 0.25) is 0 Å². The minimum atomic E-state index is -0.901. The van der Waals surface area contributed by atoms with Crippen LogP contribution in [0, 0.1) is 0 Å². The Morgan fingerprint density at radius 1 is 0.977 bits per heavy atom. The molecule has 4 N–H and O–H groups in total. The summed E-state index contributed by atoms with van der Waals surface area (Å²) in [5.41, 5.74) is 0.690. The first-order chi connectivity index (χ1) is 20.3. The van der Waals surface area contributed by atoms with Crippen LogP contribution in [0.4, 0.5) is 4.79 Å². The Labute approximate surface area is 260 Å². The third kappa shape index (κ3) is 6.25. The van der Waals surface area contributed by atoms with Gasteiger partial charge in [0, 0.05) is 24.6 Å². The number of aromatic nitrogens is 2. The number of piperidine rings is 1. The predicted molar refractivity (Wildman–Crippen MR) is 171 cm³/mol. The Balaban J connectivity index is 1.33. The van der Waals surface area contributed by atoms with Crippen LogP contribution in [0.25, 0.3) is 31.6 Å². The molecule has 8 nitrogen and oxygen atoms in total. The van der Waals surface area contributed by atoms with Crippen molar-refractivity contribution in [2.45, 2.75) is 75.7 Å². The topological polar surface area (TPSA) is 117 Å². The fraction of sp³-hybridized carbons (Fsp3) is 0.424. The van der Waals surface area contributed by atoms with E-state index in [0.29, 0.717) is 25.7 Å². The normalized spacial score (nSPS) is 23.4. The number of rotatable bonds is 6. The number of aliphatic hydroxyl groups is 2. The van der Waals surface area contributed by atoms with E-state index in [0.717, 1.165) is 55.2 Å². The molecule has 0 radical (unpaired) electrons. The zero-order valence-corrected chi connectivity index (χ0v) is 26.6. The molecule has 1 aliphatic carbocycles. The van der Waals surface area contributed by atoms with Crippen molar-refractivity contribution >= 4 is 28.8 Å². The summed E-state index contributed by atoms with van der Waals surface area (Å²) in [4.78, 5) is 24.5. The van der Waals surface area contributed by atoms with Crippen LogP contribution < -0.4 is 10.6 Å². The first-order valence-corrected chi connectivity index (χ1v) is 16.3. The van der Waals surface area contributed by atoms with Crippen molar-refractivity contribution in [2.75, 3.05) is 13.1 Å². The standard InChI is InChI=1S/C33H38N4O4S2/c1-30(2,3)41-29(38)37-32(19-31(4,39)20-32)23-12-10-21(11-13-23)25-26(22-8-6-5-7-9-22)43-27(36-25)24-18-35-28(42-24)33(40)14-16-34-17-15-33/h5-13,18,34,39-40H,14-17,19-20H2,1-4H3,(H,37,38). The van der Waals surface area contributed by atoms with Crippen molar-refractivity contribution in [1.29, 1.82) is 0 Å². The van der Waals surface area contributed by atoms with Gasteiger partial charge >= 0.3 is 6.09 Å². The number of alkyl carbamates (subject to hydrolysis) is 1. The fourth-order valence-corrected chi connectivity index (χ4v) is 8.30. The summed E-state index contributed by atoms with van der Waals surface area (Å²) in [6.07, 6.45) is 3.40. The highest BCUT2D eigenvalue weighted by Gasteiger charge is 2.53. The number of benzene rings is 2. The van der Waals surface area contributed by atoms with Gasteiger partial charge in [0.15, 0.2) is 0 Å². The minimum absolute atomic E-state index is 0.394. The number of nitrogens with one attached hydrogen (secondary N) is 2. The molecular weight excluding hydrogens is 581 g/mol. The molecule has 226 valence electrons. The highest BCUT2D eigenvalue weighted by atomic mass is 32.1. The van der Waals surface area contributed by atoms with Gasteiger partial charge in [0.05, 0.1) is 26.6 Å². The molecule has 2 aromatic carbocycles. The zero-order chi connectivity index (χ0) is 30.5. The molecule has 43 heavy (non-hydrogen) atoms. The Kier molecular flexibility index (Phi) is 7.71. The van der Waals surface area contributed by atoms with Crippen molar-refractivity contribution in [3.63, 3.8) is 0 Å². The van der Waals surface area contributed by atoms with Crippen molar-refractivity contribution < 1.29 is 19.7 Å². The average molecular weight is 619 g/mol. The van der Waals surface area contributed by atoms with E-state index in [1.165, 1.54) is 11.3 Å². The monoisotopic (exact) mass is 618 g/mol. The number of nitrogens with zero attached hydrogens (tertiary/aromatic N) is 2. The number of carbonyl (C=O) groups excluding carboxylic acids is 1. The summed E-state index contributed by atoms with van der Waals surface area (Å²) in [5.74, 6) is 0. The quantitative estimate of drug-likeness (QED) is 0.197. The maximum Gasteiger partial charge on any atom is 0.408 e. The molecule has 4 aromatic rings. The van der Waals surface area contributed by atoms with Crippen molar-refractivity contribution in [1.82, 2.24) is 20.6 Å². The van der Waals surface area contributed by atoms with E-state index < -0.39 is 28.4 Å². The Bertz CT molecular complexity index is 1590. The molecule has 2 aromatic heterocycles. The lowest BCUT2D eigenvalue weighted by molar-refractivity contribution is -0.0892. The first kappa shape index (κ1) is 29.9. The largest absolute Gasteiger partial charge is 0.444 e. The van der Waals surface area contributed by atoms with Gasteiger partial charge in [-0.2, -0.15) is 0 Å². The van der Waals surface area contributed by atoms with Crippen LogP contribution >= 0.6 is 22.7 Å². The molecule has 10 heteroatoms. The number of ether oxygens (including phenoxy) is 1. The molecule has 2 fully saturated rings. The van der Waals surface area contributed by atoms with Crippen LogP contribution in [-0.4, -0.2) is 50.6 Å². The molecule has 0 unspecified atom stereocenters. The maximum absolute atomic E-state index is 12.8. The Morgan fingerprint density at radius 3 is 2.28 bits per heavy atom. The number of thiazole rings is 2. The molecular formula is C33H38N4O4S2. The average Bonchev–Trinajstić information content (AvgIpc) is 3.61. The highest BCUT2D eigenvalue weighted by molar-refractivity contribution is 7.23. The molecule has 0 atom stereocenters. The molecule has 1 saturated heterocycles. The maximum atomic E-state index is 12.8. The molecule has 2 aliphatic rings. The second kappa shape index (κ2) is 11.1. The lowest BCUT2D eigenvalue weighted by Gasteiger charge is -2.52. The number of amides is 1. The summed E-state index contributed by atoms with van der Waals surface area (Å²) in [5, 5.41) is 29.8. The number of carbonyl (C=O) groups is 1. The Morgan fingerprint density at radius 2 is 1.65 bits per heavy atom. The number of hydrogen-bond acceptors (Lipinski definition) is 9. The van der Waals surface area contributed by atoms with E-state index in [-0.39, 0.29) is 0 Å². The van der Waals surface area contributed by atoms with E-state index in [2.05, 4.69) is 27.8 Å². The molecule has 1 aliphatic heterocycles. The molecule has 0 spiro atoms. The summed E-state index contributed by atoms with van der Waals surface area (Å²) in [7, 11) is 0. The Hall–Kier alpha value is -3.15. The molecule has 0 bridgehead atoms.